The first-order chi connectivity index (χ1) is 11.0. The van der Waals surface area contributed by atoms with Crippen molar-refractivity contribution >= 4 is 34.8 Å². The number of rotatable bonds is 3. The first kappa shape index (κ1) is 15.5. The summed E-state index contributed by atoms with van der Waals surface area (Å²) >= 11 is 5.94. The van der Waals surface area contributed by atoms with Crippen LogP contribution in [0.5, 0.6) is 0 Å². The predicted molar refractivity (Wildman–Crippen MR) is 89.5 cm³/mol. The minimum atomic E-state index is -0.403. The maximum absolute atomic E-state index is 12.4. The monoisotopic (exact) mass is 329 g/mol. The molecule has 1 saturated heterocycles. The SMILES string of the molecule is Cc1ccc(N2CC(C(=O)Nc3cccnc3Cl)CC2=O)cc1. The van der Waals surface area contributed by atoms with E-state index in [-0.39, 0.29) is 23.4 Å². The Kier molecular flexibility index (Phi) is 4.30. The van der Waals surface area contributed by atoms with Crippen molar-refractivity contribution < 1.29 is 9.59 Å². The first-order valence-corrected chi connectivity index (χ1v) is 7.71. The van der Waals surface area contributed by atoms with Gasteiger partial charge in [-0.25, -0.2) is 4.98 Å². The van der Waals surface area contributed by atoms with Gasteiger partial charge in [-0.1, -0.05) is 29.3 Å². The Morgan fingerprint density at radius 3 is 2.74 bits per heavy atom. The van der Waals surface area contributed by atoms with Crippen LogP contribution in [0.1, 0.15) is 12.0 Å². The highest BCUT2D eigenvalue weighted by molar-refractivity contribution is 6.32. The Morgan fingerprint density at radius 2 is 2.04 bits per heavy atom. The molecule has 2 heterocycles. The molecule has 5 nitrogen and oxygen atoms in total. The van der Waals surface area contributed by atoms with Crippen LogP contribution in [0.2, 0.25) is 5.15 Å². The number of carbonyl (C=O) groups is 2. The summed E-state index contributed by atoms with van der Waals surface area (Å²) in [4.78, 5) is 30.1. The van der Waals surface area contributed by atoms with Crippen LogP contribution in [0.3, 0.4) is 0 Å². The number of nitrogens with one attached hydrogen (secondary N) is 1. The quantitative estimate of drug-likeness (QED) is 0.880. The highest BCUT2D eigenvalue weighted by atomic mass is 35.5. The van der Waals surface area contributed by atoms with E-state index in [0.29, 0.717) is 12.2 Å². The summed E-state index contributed by atoms with van der Waals surface area (Å²) in [6.07, 6.45) is 1.74. The second-order valence-electron chi connectivity index (χ2n) is 5.57. The van der Waals surface area contributed by atoms with E-state index in [1.54, 1.807) is 23.2 Å². The van der Waals surface area contributed by atoms with Crippen molar-refractivity contribution in [3.63, 3.8) is 0 Å². The van der Waals surface area contributed by atoms with Crippen LogP contribution < -0.4 is 10.2 Å². The zero-order valence-corrected chi connectivity index (χ0v) is 13.4. The maximum Gasteiger partial charge on any atom is 0.229 e. The second-order valence-corrected chi connectivity index (χ2v) is 5.93. The molecule has 0 aliphatic carbocycles. The van der Waals surface area contributed by atoms with E-state index in [9.17, 15) is 9.59 Å². The highest BCUT2D eigenvalue weighted by Crippen LogP contribution is 2.27. The largest absolute Gasteiger partial charge is 0.323 e. The number of hydrogen-bond acceptors (Lipinski definition) is 3. The summed E-state index contributed by atoms with van der Waals surface area (Å²) in [6, 6.07) is 11.1. The number of amides is 2. The average Bonchev–Trinajstić information content (AvgIpc) is 2.92. The van der Waals surface area contributed by atoms with Crippen molar-refractivity contribution in [2.75, 3.05) is 16.8 Å². The van der Waals surface area contributed by atoms with Gasteiger partial charge in [0.25, 0.3) is 0 Å². The van der Waals surface area contributed by atoms with E-state index >= 15 is 0 Å². The van der Waals surface area contributed by atoms with E-state index in [2.05, 4.69) is 10.3 Å². The van der Waals surface area contributed by atoms with Crippen LogP contribution in [0.25, 0.3) is 0 Å². The summed E-state index contributed by atoms with van der Waals surface area (Å²) in [5.41, 5.74) is 2.40. The van der Waals surface area contributed by atoms with Crippen LogP contribution in [-0.2, 0) is 9.59 Å². The predicted octanol–water partition coefficient (Wildman–Crippen LogP) is 3.04. The number of aromatic nitrogens is 1. The van der Waals surface area contributed by atoms with E-state index in [1.807, 2.05) is 31.2 Å². The summed E-state index contributed by atoms with van der Waals surface area (Å²) in [6.45, 7) is 2.36. The van der Waals surface area contributed by atoms with Gasteiger partial charge in [-0.3, -0.25) is 9.59 Å². The molecule has 0 bridgehead atoms. The fourth-order valence-electron chi connectivity index (χ4n) is 2.57. The normalized spacial score (nSPS) is 17.4. The maximum atomic E-state index is 12.4. The van der Waals surface area contributed by atoms with Crippen molar-refractivity contribution in [2.24, 2.45) is 5.92 Å². The number of hydrogen-bond donors (Lipinski definition) is 1. The van der Waals surface area contributed by atoms with Gasteiger partial charge >= 0.3 is 0 Å². The minimum Gasteiger partial charge on any atom is -0.323 e. The molecule has 0 radical (unpaired) electrons. The van der Waals surface area contributed by atoms with Gasteiger partial charge in [0.1, 0.15) is 0 Å². The Labute approximate surface area is 139 Å². The standard InChI is InChI=1S/C17H16ClN3O2/c1-11-4-6-13(7-5-11)21-10-12(9-15(21)22)17(23)20-14-3-2-8-19-16(14)18/h2-8,12H,9-10H2,1H3,(H,20,23). The molecule has 0 spiro atoms. The van der Waals surface area contributed by atoms with Crippen molar-refractivity contribution in [1.82, 2.24) is 4.98 Å². The van der Waals surface area contributed by atoms with E-state index < -0.39 is 5.92 Å². The van der Waals surface area contributed by atoms with Gasteiger partial charge < -0.3 is 10.2 Å². The molecule has 0 saturated carbocycles. The van der Waals surface area contributed by atoms with Gasteiger partial charge in [0.15, 0.2) is 5.15 Å². The molecule has 6 heteroatoms. The number of nitrogens with zero attached hydrogens (tertiary/aromatic N) is 2. The van der Waals surface area contributed by atoms with E-state index in [0.717, 1.165) is 11.3 Å². The van der Waals surface area contributed by atoms with Crippen LogP contribution in [0.15, 0.2) is 42.6 Å². The highest BCUT2D eigenvalue weighted by Gasteiger charge is 2.35. The van der Waals surface area contributed by atoms with Crippen LogP contribution in [-0.4, -0.2) is 23.3 Å². The van der Waals surface area contributed by atoms with Crippen molar-refractivity contribution in [2.45, 2.75) is 13.3 Å². The molecule has 1 unspecified atom stereocenters. The van der Waals surface area contributed by atoms with Crippen molar-refractivity contribution in [3.05, 3.63) is 53.3 Å². The van der Waals surface area contributed by atoms with Gasteiger partial charge in [0, 0.05) is 24.8 Å². The zero-order valence-electron chi connectivity index (χ0n) is 12.6. The molecule has 1 aromatic heterocycles. The third-order valence-corrected chi connectivity index (χ3v) is 4.16. The first-order valence-electron chi connectivity index (χ1n) is 7.33. The molecular formula is C17H16ClN3O2. The molecule has 2 amide bonds. The Hall–Kier alpha value is -2.40. The molecule has 1 aromatic carbocycles. The topological polar surface area (TPSA) is 62.3 Å². The molecular weight excluding hydrogens is 314 g/mol. The number of aryl methyl sites for hydroxylation is 1. The number of benzene rings is 1. The number of anilines is 2. The number of carbonyl (C=O) groups excluding carboxylic acids is 2. The third-order valence-electron chi connectivity index (χ3n) is 3.86. The molecule has 1 aliphatic heterocycles. The minimum absolute atomic E-state index is 0.0497. The summed E-state index contributed by atoms with van der Waals surface area (Å²) in [5, 5.41) is 2.98. The number of halogens is 1. The van der Waals surface area contributed by atoms with Gasteiger partial charge in [-0.2, -0.15) is 0 Å². The molecule has 118 valence electrons. The average molecular weight is 330 g/mol. The summed E-state index contributed by atoms with van der Waals surface area (Å²) < 4.78 is 0. The lowest BCUT2D eigenvalue weighted by Crippen LogP contribution is -2.28. The Balaban J connectivity index is 1.71. The lowest BCUT2D eigenvalue weighted by molar-refractivity contribution is -0.122. The molecule has 2 aromatic rings. The smallest absolute Gasteiger partial charge is 0.229 e. The fourth-order valence-corrected chi connectivity index (χ4v) is 2.74. The van der Waals surface area contributed by atoms with Crippen molar-refractivity contribution in [3.8, 4) is 0 Å². The lowest BCUT2D eigenvalue weighted by Gasteiger charge is -2.17. The van der Waals surface area contributed by atoms with Crippen LogP contribution in [0, 0.1) is 12.8 Å². The van der Waals surface area contributed by atoms with E-state index in [4.69, 9.17) is 11.6 Å². The molecule has 3 rings (SSSR count). The van der Waals surface area contributed by atoms with Gasteiger partial charge in [-0.15, -0.1) is 0 Å². The molecule has 1 aliphatic rings. The second kappa shape index (κ2) is 6.38. The fraction of sp³-hybridized carbons (Fsp3) is 0.235. The molecule has 23 heavy (non-hydrogen) atoms. The van der Waals surface area contributed by atoms with Crippen LogP contribution >= 0.6 is 11.6 Å². The summed E-state index contributed by atoms with van der Waals surface area (Å²) in [7, 11) is 0. The van der Waals surface area contributed by atoms with Crippen molar-refractivity contribution in [1.29, 1.82) is 0 Å². The van der Waals surface area contributed by atoms with Gasteiger partial charge in [-0.05, 0) is 31.2 Å². The van der Waals surface area contributed by atoms with Gasteiger partial charge in [0.2, 0.25) is 11.8 Å². The molecule has 1 N–H and O–H groups in total. The summed E-state index contributed by atoms with van der Waals surface area (Å²) in [5.74, 6) is -0.672. The Bertz CT molecular complexity index is 746. The van der Waals surface area contributed by atoms with E-state index in [1.165, 1.54) is 0 Å². The molecule has 1 fully saturated rings. The zero-order chi connectivity index (χ0) is 16.4. The molecule has 1 atom stereocenters. The van der Waals surface area contributed by atoms with Gasteiger partial charge in [0.05, 0.1) is 11.6 Å². The van der Waals surface area contributed by atoms with Crippen LogP contribution in [0.4, 0.5) is 11.4 Å². The Morgan fingerprint density at radius 1 is 1.30 bits per heavy atom. The third kappa shape index (κ3) is 3.35. The lowest BCUT2D eigenvalue weighted by atomic mass is 10.1. The number of pyridine rings is 1.